The predicted molar refractivity (Wildman–Crippen MR) is 84.0 cm³/mol. The minimum Gasteiger partial charge on any atom is -0.389 e. The van der Waals surface area contributed by atoms with E-state index in [0.29, 0.717) is 25.1 Å². The molecular weight excluding hydrogens is 252 g/mol. The van der Waals surface area contributed by atoms with E-state index >= 15 is 0 Å². The summed E-state index contributed by atoms with van der Waals surface area (Å²) in [7, 11) is 3.75. The van der Waals surface area contributed by atoms with Crippen LogP contribution in [0.5, 0.6) is 0 Å². The fourth-order valence-electron chi connectivity index (χ4n) is 3.28. The first-order valence-electron chi connectivity index (χ1n) is 8.26. The Kier molecular flexibility index (Phi) is 9.44. The Morgan fingerprint density at radius 3 is 2.75 bits per heavy atom. The standard InChI is InChI=1S/C16H34N2O2/c1-4-10-17-16-9-7-5-6-8-14(16)11-18(2)12-15(19)13-20-3/h14-17,19H,4-13H2,1-3H3. The zero-order valence-corrected chi connectivity index (χ0v) is 13.6. The lowest BCUT2D eigenvalue weighted by Gasteiger charge is -2.31. The summed E-state index contributed by atoms with van der Waals surface area (Å²) < 4.78 is 5.00. The van der Waals surface area contributed by atoms with Gasteiger partial charge in [0, 0.05) is 26.2 Å². The van der Waals surface area contributed by atoms with Crippen LogP contribution in [-0.4, -0.2) is 62.6 Å². The highest BCUT2D eigenvalue weighted by atomic mass is 16.5. The van der Waals surface area contributed by atoms with Gasteiger partial charge < -0.3 is 20.1 Å². The molecule has 1 saturated carbocycles. The fourth-order valence-corrected chi connectivity index (χ4v) is 3.28. The molecule has 0 spiro atoms. The number of nitrogens with zero attached hydrogens (tertiary/aromatic N) is 1. The van der Waals surface area contributed by atoms with E-state index < -0.39 is 0 Å². The van der Waals surface area contributed by atoms with E-state index in [-0.39, 0.29) is 6.10 Å². The molecule has 1 aliphatic rings. The molecule has 0 saturated heterocycles. The molecule has 3 atom stereocenters. The van der Waals surface area contributed by atoms with Gasteiger partial charge in [-0.1, -0.05) is 26.2 Å². The highest BCUT2D eigenvalue weighted by Gasteiger charge is 2.24. The monoisotopic (exact) mass is 286 g/mol. The Morgan fingerprint density at radius 2 is 2.05 bits per heavy atom. The van der Waals surface area contributed by atoms with Crippen molar-refractivity contribution in [3.8, 4) is 0 Å². The lowest BCUT2D eigenvalue weighted by atomic mass is 9.94. The normalized spacial score (nSPS) is 25.6. The first kappa shape index (κ1) is 17.9. The van der Waals surface area contributed by atoms with E-state index in [1.165, 1.54) is 38.5 Å². The maximum atomic E-state index is 9.83. The molecule has 0 radical (unpaired) electrons. The molecule has 3 unspecified atom stereocenters. The molecular formula is C16H34N2O2. The van der Waals surface area contributed by atoms with E-state index in [1.807, 2.05) is 0 Å². The molecule has 1 rings (SSSR count). The van der Waals surface area contributed by atoms with E-state index in [4.69, 9.17) is 4.74 Å². The fraction of sp³-hybridized carbons (Fsp3) is 1.00. The van der Waals surface area contributed by atoms with Crippen LogP contribution < -0.4 is 5.32 Å². The first-order valence-corrected chi connectivity index (χ1v) is 8.26. The largest absolute Gasteiger partial charge is 0.389 e. The van der Waals surface area contributed by atoms with E-state index in [2.05, 4.69) is 24.2 Å². The van der Waals surface area contributed by atoms with Gasteiger partial charge in [-0.15, -0.1) is 0 Å². The van der Waals surface area contributed by atoms with Crippen LogP contribution in [0.4, 0.5) is 0 Å². The van der Waals surface area contributed by atoms with Gasteiger partial charge in [0.15, 0.2) is 0 Å². The van der Waals surface area contributed by atoms with Crippen molar-refractivity contribution in [3.05, 3.63) is 0 Å². The first-order chi connectivity index (χ1) is 9.67. The Morgan fingerprint density at radius 1 is 1.30 bits per heavy atom. The highest BCUT2D eigenvalue weighted by molar-refractivity contribution is 4.81. The predicted octanol–water partition coefficient (Wildman–Crippen LogP) is 1.87. The summed E-state index contributed by atoms with van der Waals surface area (Å²) in [6, 6.07) is 0.652. The smallest absolute Gasteiger partial charge is 0.0899 e. The number of hydrogen-bond acceptors (Lipinski definition) is 4. The van der Waals surface area contributed by atoms with E-state index in [9.17, 15) is 5.11 Å². The van der Waals surface area contributed by atoms with Gasteiger partial charge in [0.2, 0.25) is 0 Å². The third kappa shape index (κ3) is 7.02. The summed E-state index contributed by atoms with van der Waals surface area (Å²) in [5.41, 5.74) is 0. The van der Waals surface area contributed by atoms with Crippen molar-refractivity contribution in [1.29, 1.82) is 0 Å². The van der Waals surface area contributed by atoms with Gasteiger partial charge in [-0.2, -0.15) is 0 Å². The molecule has 20 heavy (non-hydrogen) atoms. The molecule has 0 aliphatic heterocycles. The molecule has 0 bridgehead atoms. The van der Waals surface area contributed by atoms with Crippen molar-refractivity contribution < 1.29 is 9.84 Å². The topological polar surface area (TPSA) is 44.7 Å². The van der Waals surface area contributed by atoms with E-state index in [0.717, 1.165) is 13.1 Å². The number of aliphatic hydroxyl groups is 1. The van der Waals surface area contributed by atoms with Gasteiger partial charge in [-0.3, -0.25) is 0 Å². The molecule has 0 aromatic heterocycles. The zero-order chi connectivity index (χ0) is 14.8. The Labute approximate surface area is 124 Å². The quantitative estimate of drug-likeness (QED) is 0.635. The van der Waals surface area contributed by atoms with Crippen LogP contribution in [-0.2, 0) is 4.74 Å². The van der Waals surface area contributed by atoms with Gasteiger partial charge in [0.05, 0.1) is 12.7 Å². The van der Waals surface area contributed by atoms with E-state index in [1.54, 1.807) is 7.11 Å². The Bertz CT molecular complexity index is 239. The SMILES string of the molecule is CCCNC1CCCCCC1CN(C)CC(O)COC. The summed E-state index contributed by atoms with van der Waals surface area (Å²) in [4.78, 5) is 2.26. The Hall–Kier alpha value is -0.160. The molecule has 1 fully saturated rings. The second-order valence-corrected chi connectivity index (χ2v) is 6.29. The average molecular weight is 286 g/mol. The van der Waals surface area contributed by atoms with Crippen LogP contribution >= 0.6 is 0 Å². The minimum atomic E-state index is -0.377. The van der Waals surface area contributed by atoms with Crippen LogP contribution in [0.1, 0.15) is 45.4 Å². The van der Waals surface area contributed by atoms with Crippen LogP contribution in [0, 0.1) is 5.92 Å². The molecule has 120 valence electrons. The van der Waals surface area contributed by atoms with Gasteiger partial charge in [0.1, 0.15) is 0 Å². The number of methoxy groups -OCH3 is 1. The number of nitrogens with one attached hydrogen (secondary N) is 1. The summed E-state index contributed by atoms with van der Waals surface area (Å²) in [5, 5.41) is 13.6. The summed E-state index contributed by atoms with van der Waals surface area (Å²) in [5.74, 6) is 0.712. The summed E-state index contributed by atoms with van der Waals surface area (Å²) in [6.07, 6.45) is 7.52. The summed E-state index contributed by atoms with van der Waals surface area (Å²) in [6.45, 7) is 5.54. The van der Waals surface area contributed by atoms with Crippen LogP contribution in [0.2, 0.25) is 0 Å². The number of likely N-dealkylation sites (N-methyl/N-ethyl adjacent to an activating group) is 1. The minimum absolute atomic E-state index is 0.377. The molecule has 0 amide bonds. The molecule has 2 N–H and O–H groups in total. The van der Waals surface area contributed by atoms with Crippen molar-refractivity contribution >= 4 is 0 Å². The van der Waals surface area contributed by atoms with Gasteiger partial charge >= 0.3 is 0 Å². The number of rotatable bonds is 9. The van der Waals surface area contributed by atoms with Crippen LogP contribution in [0.3, 0.4) is 0 Å². The Balaban J connectivity index is 2.42. The third-order valence-corrected chi connectivity index (χ3v) is 4.24. The van der Waals surface area contributed by atoms with Gasteiger partial charge in [-0.05, 0) is 38.8 Å². The average Bonchev–Trinajstić information content (AvgIpc) is 2.62. The number of aliphatic hydroxyl groups excluding tert-OH is 1. The second-order valence-electron chi connectivity index (χ2n) is 6.29. The molecule has 0 aromatic carbocycles. The van der Waals surface area contributed by atoms with Crippen molar-refractivity contribution in [1.82, 2.24) is 10.2 Å². The van der Waals surface area contributed by atoms with Crippen molar-refractivity contribution in [2.24, 2.45) is 5.92 Å². The molecule has 1 aliphatic carbocycles. The summed E-state index contributed by atoms with van der Waals surface area (Å²) >= 11 is 0. The highest BCUT2D eigenvalue weighted by Crippen LogP contribution is 2.24. The van der Waals surface area contributed by atoms with Crippen LogP contribution in [0.25, 0.3) is 0 Å². The number of ether oxygens (including phenoxy) is 1. The van der Waals surface area contributed by atoms with Gasteiger partial charge in [-0.25, -0.2) is 0 Å². The van der Waals surface area contributed by atoms with Crippen molar-refractivity contribution in [2.45, 2.75) is 57.6 Å². The maximum absolute atomic E-state index is 9.83. The van der Waals surface area contributed by atoms with Crippen molar-refractivity contribution in [3.63, 3.8) is 0 Å². The lowest BCUT2D eigenvalue weighted by molar-refractivity contribution is 0.0387. The maximum Gasteiger partial charge on any atom is 0.0899 e. The third-order valence-electron chi connectivity index (χ3n) is 4.24. The molecule has 4 heteroatoms. The second kappa shape index (κ2) is 10.6. The van der Waals surface area contributed by atoms with Gasteiger partial charge in [0.25, 0.3) is 0 Å². The zero-order valence-electron chi connectivity index (χ0n) is 13.6. The molecule has 0 aromatic rings. The molecule has 0 heterocycles. The lowest BCUT2D eigenvalue weighted by Crippen LogP contribution is -2.43. The number of hydrogen-bond donors (Lipinski definition) is 2. The van der Waals surface area contributed by atoms with Crippen molar-refractivity contribution in [2.75, 3.05) is 40.4 Å². The van der Waals surface area contributed by atoms with Crippen LogP contribution in [0.15, 0.2) is 0 Å². The molecule has 4 nitrogen and oxygen atoms in total.